The lowest BCUT2D eigenvalue weighted by Gasteiger charge is -2.07. The first kappa shape index (κ1) is 13.3. The number of carbonyl (C=O) groups excluding carboxylic acids is 1. The molecule has 0 unspecified atom stereocenters. The Bertz CT molecular complexity index is 574. The normalized spacial score (nSPS) is 10.2. The molecular formula is C13H13ClN4O. The number of nitrogens with one attached hydrogen (secondary N) is 1. The van der Waals surface area contributed by atoms with E-state index in [0.29, 0.717) is 22.9 Å². The van der Waals surface area contributed by atoms with Crippen molar-refractivity contribution >= 4 is 23.3 Å². The SMILES string of the molecule is NC(=O)c1cnc(NCCc2ccccn2)c(Cl)c1. The van der Waals surface area contributed by atoms with E-state index in [-0.39, 0.29) is 0 Å². The van der Waals surface area contributed by atoms with E-state index < -0.39 is 5.91 Å². The van der Waals surface area contributed by atoms with Crippen LogP contribution in [0.4, 0.5) is 5.82 Å². The molecule has 0 bridgehead atoms. The zero-order chi connectivity index (χ0) is 13.7. The minimum atomic E-state index is -0.547. The summed E-state index contributed by atoms with van der Waals surface area (Å²) in [6, 6.07) is 7.26. The maximum absolute atomic E-state index is 11.0. The number of hydrogen-bond acceptors (Lipinski definition) is 4. The van der Waals surface area contributed by atoms with Crippen LogP contribution in [0, 0.1) is 0 Å². The Balaban J connectivity index is 1.95. The first-order valence-corrected chi connectivity index (χ1v) is 6.14. The summed E-state index contributed by atoms with van der Waals surface area (Å²) >= 11 is 6.01. The van der Waals surface area contributed by atoms with Crippen LogP contribution >= 0.6 is 11.6 Å². The van der Waals surface area contributed by atoms with Gasteiger partial charge in [-0.3, -0.25) is 9.78 Å². The number of rotatable bonds is 5. The van der Waals surface area contributed by atoms with Crippen LogP contribution < -0.4 is 11.1 Å². The molecular weight excluding hydrogens is 264 g/mol. The number of nitrogens with zero attached hydrogens (tertiary/aromatic N) is 2. The molecule has 0 aliphatic heterocycles. The summed E-state index contributed by atoms with van der Waals surface area (Å²) < 4.78 is 0. The Morgan fingerprint density at radius 2 is 2.21 bits per heavy atom. The monoisotopic (exact) mass is 276 g/mol. The van der Waals surface area contributed by atoms with E-state index in [1.54, 1.807) is 6.20 Å². The summed E-state index contributed by atoms with van der Waals surface area (Å²) in [5, 5.41) is 3.46. The van der Waals surface area contributed by atoms with Crippen molar-refractivity contribution in [3.05, 3.63) is 52.9 Å². The number of aromatic nitrogens is 2. The second-order valence-electron chi connectivity index (χ2n) is 3.92. The van der Waals surface area contributed by atoms with Crippen LogP contribution in [0.25, 0.3) is 0 Å². The molecule has 98 valence electrons. The molecule has 0 aliphatic carbocycles. The fourth-order valence-electron chi connectivity index (χ4n) is 1.56. The lowest BCUT2D eigenvalue weighted by molar-refractivity contribution is 0.1000. The van der Waals surface area contributed by atoms with Gasteiger partial charge in [-0.2, -0.15) is 0 Å². The van der Waals surface area contributed by atoms with Gasteiger partial charge in [0.2, 0.25) is 5.91 Å². The van der Waals surface area contributed by atoms with Gasteiger partial charge in [0, 0.05) is 31.1 Å². The average molecular weight is 277 g/mol. The van der Waals surface area contributed by atoms with Crippen molar-refractivity contribution in [2.24, 2.45) is 5.73 Å². The van der Waals surface area contributed by atoms with Gasteiger partial charge >= 0.3 is 0 Å². The van der Waals surface area contributed by atoms with Crippen molar-refractivity contribution in [1.29, 1.82) is 0 Å². The topological polar surface area (TPSA) is 80.9 Å². The van der Waals surface area contributed by atoms with E-state index in [1.807, 2.05) is 18.2 Å². The third-order valence-electron chi connectivity index (χ3n) is 2.53. The van der Waals surface area contributed by atoms with Crippen molar-refractivity contribution in [3.8, 4) is 0 Å². The van der Waals surface area contributed by atoms with Crippen LogP contribution in [-0.2, 0) is 6.42 Å². The molecule has 0 radical (unpaired) electrons. The highest BCUT2D eigenvalue weighted by molar-refractivity contribution is 6.33. The van der Waals surface area contributed by atoms with Gasteiger partial charge in [-0.25, -0.2) is 4.98 Å². The van der Waals surface area contributed by atoms with Gasteiger partial charge in [0.1, 0.15) is 5.82 Å². The number of pyridine rings is 2. The molecule has 0 spiro atoms. The van der Waals surface area contributed by atoms with E-state index >= 15 is 0 Å². The highest BCUT2D eigenvalue weighted by Gasteiger charge is 2.06. The fourth-order valence-corrected chi connectivity index (χ4v) is 1.79. The molecule has 2 rings (SSSR count). The summed E-state index contributed by atoms with van der Waals surface area (Å²) in [6.45, 7) is 0.652. The third kappa shape index (κ3) is 3.66. The molecule has 2 aromatic rings. The Morgan fingerprint density at radius 3 is 2.84 bits per heavy atom. The Kier molecular flexibility index (Phi) is 4.30. The molecule has 0 aromatic carbocycles. The number of primary amides is 1. The molecule has 5 nitrogen and oxygen atoms in total. The lowest BCUT2D eigenvalue weighted by Crippen LogP contribution is -2.13. The van der Waals surface area contributed by atoms with Crippen molar-refractivity contribution in [2.45, 2.75) is 6.42 Å². The molecule has 0 saturated carbocycles. The van der Waals surface area contributed by atoms with Gasteiger partial charge in [-0.15, -0.1) is 0 Å². The standard InChI is InChI=1S/C13H13ClN4O/c14-11-7-9(12(15)19)8-18-13(11)17-6-4-10-3-1-2-5-16-10/h1-3,5,7-8H,4,6H2,(H2,15,19)(H,17,18). The molecule has 0 atom stereocenters. The fraction of sp³-hybridized carbons (Fsp3) is 0.154. The van der Waals surface area contributed by atoms with Crippen molar-refractivity contribution in [2.75, 3.05) is 11.9 Å². The van der Waals surface area contributed by atoms with E-state index in [9.17, 15) is 4.79 Å². The number of amides is 1. The number of carbonyl (C=O) groups is 1. The molecule has 1 amide bonds. The molecule has 0 fully saturated rings. The zero-order valence-corrected chi connectivity index (χ0v) is 10.9. The molecule has 19 heavy (non-hydrogen) atoms. The van der Waals surface area contributed by atoms with Gasteiger partial charge in [0.25, 0.3) is 0 Å². The second-order valence-corrected chi connectivity index (χ2v) is 4.32. The van der Waals surface area contributed by atoms with Crippen LogP contribution in [0.5, 0.6) is 0 Å². The zero-order valence-electron chi connectivity index (χ0n) is 10.1. The Morgan fingerprint density at radius 1 is 1.37 bits per heavy atom. The van der Waals surface area contributed by atoms with Crippen molar-refractivity contribution < 1.29 is 4.79 Å². The summed E-state index contributed by atoms with van der Waals surface area (Å²) in [7, 11) is 0. The van der Waals surface area contributed by atoms with Crippen LogP contribution in [-0.4, -0.2) is 22.4 Å². The maximum atomic E-state index is 11.0. The Labute approximate surface area is 115 Å². The van der Waals surface area contributed by atoms with E-state index in [4.69, 9.17) is 17.3 Å². The lowest BCUT2D eigenvalue weighted by atomic mass is 10.2. The molecule has 0 aliphatic rings. The summed E-state index contributed by atoms with van der Waals surface area (Å²) in [6.07, 6.45) is 3.91. The number of hydrogen-bond donors (Lipinski definition) is 2. The van der Waals surface area contributed by atoms with E-state index in [2.05, 4.69) is 15.3 Å². The highest BCUT2D eigenvalue weighted by atomic mass is 35.5. The summed E-state index contributed by atoms with van der Waals surface area (Å²) in [5.41, 5.74) is 6.42. The predicted octanol–water partition coefficient (Wildman–Crippen LogP) is 1.88. The summed E-state index contributed by atoms with van der Waals surface area (Å²) in [4.78, 5) is 19.2. The van der Waals surface area contributed by atoms with E-state index in [1.165, 1.54) is 12.3 Å². The van der Waals surface area contributed by atoms with Crippen LogP contribution in [0.3, 0.4) is 0 Å². The molecule has 2 aromatic heterocycles. The largest absolute Gasteiger partial charge is 0.368 e. The minimum Gasteiger partial charge on any atom is -0.368 e. The van der Waals surface area contributed by atoms with Gasteiger partial charge < -0.3 is 11.1 Å². The first-order valence-electron chi connectivity index (χ1n) is 5.76. The van der Waals surface area contributed by atoms with Crippen LogP contribution in [0.1, 0.15) is 16.1 Å². The molecule has 2 heterocycles. The first-order chi connectivity index (χ1) is 9.16. The highest BCUT2D eigenvalue weighted by Crippen LogP contribution is 2.19. The van der Waals surface area contributed by atoms with Crippen LogP contribution in [0.15, 0.2) is 36.7 Å². The average Bonchev–Trinajstić information content (AvgIpc) is 2.41. The molecule has 0 saturated heterocycles. The Hall–Kier alpha value is -2.14. The number of halogens is 1. The van der Waals surface area contributed by atoms with E-state index in [0.717, 1.165) is 12.1 Å². The molecule has 3 N–H and O–H groups in total. The smallest absolute Gasteiger partial charge is 0.250 e. The maximum Gasteiger partial charge on any atom is 0.250 e. The van der Waals surface area contributed by atoms with Gasteiger partial charge in [-0.1, -0.05) is 17.7 Å². The van der Waals surface area contributed by atoms with Gasteiger partial charge in [0.15, 0.2) is 0 Å². The number of anilines is 1. The van der Waals surface area contributed by atoms with Gasteiger partial charge in [0.05, 0.1) is 10.6 Å². The second kappa shape index (κ2) is 6.15. The predicted molar refractivity (Wildman–Crippen MR) is 74.2 cm³/mol. The number of nitrogens with two attached hydrogens (primary N) is 1. The summed E-state index contributed by atoms with van der Waals surface area (Å²) in [5.74, 6) is -0.0166. The van der Waals surface area contributed by atoms with Crippen molar-refractivity contribution in [1.82, 2.24) is 9.97 Å². The van der Waals surface area contributed by atoms with Crippen LogP contribution in [0.2, 0.25) is 5.02 Å². The minimum absolute atomic E-state index is 0.292. The van der Waals surface area contributed by atoms with Gasteiger partial charge in [-0.05, 0) is 18.2 Å². The molecule has 6 heteroatoms. The third-order valence-corrected chi connectivity index (χ3v) is 2.81. The quantitative estimate of drug-likeness (QED) is 0.874. The van der Waals surface area contributed by atoms with Crippen molar-refractivity contribution in [3.63, 3.8) is 0 Å².